The van der Waals surface area contributed by atoms with E-state index in [1.54, 1.807) is 0 Å². The van der Waals surface area contributed by atoms with Crippen LogP contribution in [0, 0.1) is 0 Å². The Kier molecular flexibility index (Phi) is 8.13. The molecule has 0 amide bonds. The van der Waals surface area contributed by atoms with Gasteiger partial charge < -0.3 is 13.7 Å². The number of rotatable bonds is 7. The molecular weight excluding hydrogens is 779 g/mol. The van der Waals surface area contributed by atoms with Crippen molar-refractivity contribution in [3.63, 3.8) is 0 Å². The summed E-state index contributed by atoms with van der Waals surface area (Å²) in [5.41, 5.74) is 17.7. The minimum atomic E-state index is -0.555. The van der Waals surface area contributed by atoms with Gasteiger partial charge in [0.2, 0.25) is 0 Å². The van der Waals surface area contributed by atoms with Crippen LogP contribution in [0.4, 0.5) is 17.1 Å². The lowest BCUT2D eigenvalue weighted by molar-refractivity contribution is 0.665. The van der Waals surface area contributed by atoms with Gasteiger partial charge in [0.15, 0.2) is 5.58 Å². The van der Waals surface area contributed by atoms with Crippen LogP contribution >= 0.6 is 0 Å². The molecule has 1 aliphatic rings. The predicted octanol–water partition coefficient (Wildman–Crippen LogP) is 16.7. The number of nitrogens with zero attached hydrogens (tertiary/aromatic N) is 1. The summed E-state index contributed by atoms with van der Waals surface area (Å²) in [5, 5.41) is 4.16. The van der Waals surface area contributed by atoms with Gasteiger partial charge >= 0.3 is 0 Å². The molecule has 1 aliphatic carbocycles. The Bertz CT molecular complexity index is 3660. The van der Waals surface area contributed by atoms with Crippen LogP contribution in [0.2, 0.25) is 0 Å². The Morgan fingerprint density at radius 3 is 1.66 bits per heavy atom. The van der Waals surface area contributed by atoms with Gasteiger partial charge in [0.05, 0.1) is 11.1 Å². The van der Waals surface area contributed by atoms with Gasteiger partial charge in [-0.15, -0.1) is 0 Å². The summed E-state index contributed by atoms with van der Waals surface area (Å²) in [4.78, 5) is 2.38. The summed E-state index contributed by atoms with van der Waals surface area (Å²) in [6.07, 6.45) is 0. The van der Waals surface area contributed by atoms with Gasteiger partial charge in [-0.25, -0.2) is 0 Å². The summed E-state index contributed by atoms with van der Waals surface area (Å²) >= 11 is 0. The second-order valence-electron chi connectivity index (χ2n) is 16.7. The number of hydrogen-bond acceptors (Lipinski definition) is 3. The molecule has 0 atom stereocenters. The molecule has 10 aromatic carbocycles. The summed E-state index contributed by atoms with van der Waals surface area (Å²) in [6, 6.07) is 85.0. The molecular formula is C61H39NO2. The first kappa shape index (κ1) is 36.3. The molecule has 2 aromatic heterocycles. The molecule has 12 aromatic rings. The highest BCUT2D eigenvalue weighted by molar-refractivity contribution is 6.24. The maximum Gasteiger partial charge on any atom is 0.159 e. The normalized spacial score (nSPS) is 12.8. The molecule has 0 unspecified atom stereocenters. The largest absolute Gasteiger partial charge is 0.456 e. The van der Waals surface area contributed by atoms with Crippen LogP contribution in [0.15, 0.2) is 245 Å². The first-order valence-corrected chi connectivity index (χ1v) is 21.9. The number of para-hydroxylation sites is 2. The SMILES string of the molecule is c1ccc(-c2ccc(N(c3ccc4c(c3)C(c3ccccc3)(c3ccccc3)c3ccccc3-4)c3cccc4c3oc3c(-c5ccccc5)c5c(cc34)oc3ccccc35)cc2)cc1. The van der Waals surface area contributed by atoms with Gasteiger partial charge in [-0.05, 0) is 92.5 Å². The lowest BCUT2D eigenvalue weighted by Gasteiger charge is -2.35. The van der Waals surface area contributed by atoms with E-state index in [0.29, 0.717) is 0 Å². The third kappa shape index (κ3) is 5.34. The minimum Gasteiger partial charge on any atom is -0.456 e. The molecule has 300 valence electrons. The Morgan fingerprint density at radius 1 is 0.344 bits per heavy atom. The molecule has 3 nitrogen and oxygen atoms in total. The van der Waals surface area contributed by atoms with Gasteiger partial charge in [0.1, 0.15) is 16.7 Å². The van der Waals surface area contributed by atoms with Gasteiger partial charge in [-0.1, -0.05) is 194 Å². The van der Waals surface area contributed by atoms with Crippen molar-refractivity contribution in [2.75, 3.05) is 4.90 Å². The number of furan rings is 2. The highest BCUT2D eigenvalue weighted by atomic mass is 16.3. The quantitative estimate of drug-likeness (QED) is 0.160. The molecule has 3 heteroatoms. The van der Waals surface area contributed by atoms with E-state index in [4.69, 9.17) is 8.83 Å². The first-order chi connectivity index (χ1) is 31.8. The van der Waals surface area contributed by atoms with Crippen molar-refractivity contribution in [1.29, 1.82) is 0 Å². The summed E-state index contributed by atoms with van der Waals surface area (Å²) in [6.45, 7) is 0. The second kappa shape index (κ2) is 14.3. The van der Waals surface area contributed by atoms with Crippen molar-refractivity contribution >= 4 is 60.9 Å². The molecule has 0 bridgehead atoms. The standard InChI is InChI=1S/C61H39NO2/c1-5-18-40(19-6-1)41-32-34-45(35-33-41)62(46-36-37-48-47-26-13-15-29-52(47)61(53(48)38-46,43-22-9-3-10-23-43)44-24-11-4-12-25-44)54-30-17-28-49-51-39-56-58(50-27-14-16-31-55(50)63-56)57(60(51)64-59(49)54)42-20-7-2-8-21-42/h1-39H. The molecule has 0 spiro atoms. The van der Waals surface area contributed by atoms with Crippen LogP contribution in [-0.4, -0.2) is 0 Å². The van der Waals surface area contributed by atoms with E-state index in [9.17, 15) is 0 Å². The maximum atomic E-state index is 7.35. The Balaban J connectivity index is 1.10. The van der Waals surface area contributed by atoms with Crippen LogP contribution in [-0.2, 0) is 5.41 Å². The summed E-state index contributed by atoms with van der Waals surface area (Å²) in [7, 11) is 0. The highest BCUT2D eigenvalue weighted by Crippen LogP contribution is 2.58. The fourth-order valence-corrected chi connectivity index (χ4v) is 10.6. The highest BCUT2D eigenvalue weighted by Gasteiger charge is 2.46. The fourth-order valence-electron chi connectivity index (χ4n) is 10.6. The molecule has 0 aliphatic heterocycles. The van der Waals surface area contributed by atoms with Crippen LogP contribution in [0.1, 0.15) is 22.3 Å². The average molecular weight is 818 g/mol. The molecule has 0 saturated heterocycles. The van der Waals surface area contributed by atoms with E-state index >= 15 is 0 Å². The van der Waals surface area contributed by atoms with Crippen LogP contribution in [0.25, 0.3) is 77.3 Å². The van der Waals surface area contributed by atoms with Crippen molar-refractivity contribution in [2.45, 2.75) is 5.41 Å². The number of hydrogen-bond donors (Lipinski definition) is 0. The van der Waals surface area contributed by atoms with Crippen molar-refractivity contribution in [1.82, 2.24) is 0 Å². The second-order valence-corrected chi connectivity index (χ2v) is 16.7. The predicted molar refractivity (Wildman–Crippen MR) is 264 cm³/mol. The zero-order valence-corrected chi connectivity index (χ0v) is 34.8. The monoisotopic (exact) mass is 817 g/mol. The summed E-state index contributed by atoms with van der Waals surface area (Å²) in [5.74, 6) is 0. The maximum absolute atomic E-state index is 7.35. The van der Waals surface area contributed by atoms with Crippen molar-refractivity contribution in [2.24, 2.45) is 0 Å². The van der Waals surface area contributed by atoms with Gasteiger partial charge in [-0.3, -0.25) is 0 Å². The number of benzene rings is 10. The average Bonchev–Trinajstić information content (AvgIpc) is 4.03. The van der Waals surface area contributed by atoms with E-state index in [2.05, 4.69) is 229 Å². The zero-order valence-electron chi connectivity index (χ0n) is 34.8. The molecule has 2 heterocycles. The van der Waals surface area contributed by atoms with Gasteiger partial charge in [0.25, 0.3) is 0 Å². The third-order valence-corrected chi connectivity index (χ3v) is 13.3. The molecule has 0 saturated carbocycles. The van der Waals surface area contributed by atoms with Crippen LogP contribution < -0.4 is 4.90 Å². The van der Waals surface area contributed by atoms with Crippen LogP contribution in [0.5, 0.6) is 0 Å². The Labute approximate surface area is 370 Å². The number of fused-ring (bicyclic) bond motifs is 9. The molecule has 13 rings (SSSR count). The molecule has 64 heavy (non-hydrogen) atoms. The number of anilines is 3. The lowest BCUT2D eigenvalue weighted by Crippen LogP contribution is -2.28. The minimum absolute atomic E-state index is 0.555. The van der Waals surface area contributed by atoms with E-state index < -0.39 is 5.41 Å². The van der Waals surface area contributed by atoms with E-state index in [1.807, 2.05) is 12.1 Å². The first-order valence-electron chi connectivity index (χ1n) is 21.9. The molecule has 0 radical (unpaired) electrons. The smallest absolute Gasteiger partial charge is 0.159 e. The van der Waals surface area contributed by atoms with E-state index in [-0.39, 0.29) is 0 Å². The van der Waals surface area contributed by atoms with E-state index in [0.717, 1.165) is 77.6 Å². The lowest BCUT2D eigenvalue weighted by atomic mass is 9.67. The van der Waals surface area contributed by atoms with Gasteiger partial charge in [-0.2, -0.15) is 0 Å². The topological polar surface area (TPSA) is 29.5 Å². The third-order valence-electron chi connectivity index (χ3n) is 13.3. The van der Waals surface area contributed by atoms with Crippen LogP contribution in [0.3, 0.4) is 0 Å². The van der Waals surface area contributed by atoms with Crippen molar-refractivity contribution in [3.05, 3.63) is 259 Å². The molecule has 0 N–H and O–H groups in total. The van der Waals surface area contributed by atoms with Crippen molar-refractivity contribution < 1.29 is 8.83 Å². The summed E-state index contributed by atoms with van der Waals surface area (Å²) < 4.78 is 14.0. The Morgan fingerprint density at radius 2 is 0.922 bits per heavy atom. The molecule has 0 fully saturated rings. The Hall–Kier alpha value is -8.40. The fraction of sp³-hybridized carbons (Fsp3) is 0.0164. The van der Waals surface area contributed by atoms with Crippen molar-refractivity contribution in [3.8, 4) is 33.4 Å². The van der Waals surface area contributed by atoms with E-state index in [1.165, 1.54) is 38.9 Å². The zero-order chi connectivity index (χ0) is 42.2. The van der Waals surface area contributed by atoms with Gasteiger partial charge in [0, 0.05) is 38.5 Å².